The van der Waals surface area contributed by atoms with Gasteiger partial charge in [-0.3, -0.25) is 0 Å². The van der Waals surface area contributed by atoms with E-state index in [0.29, 0.717) is 12.1 Å². The third-order valence-electron chi connectivity index (χ3n) is 5.35. The molecule has 0 amide bonds. The van der Waals surface area contributed by atoms with Gasteiger partial charge in [0.2, 0.25) is 0 Å². The molecule has 21 heavy (non-hydrogen) atoms. The molecule has 3 nitrogen and oxygen atoms in total. The number of ether oxygens (including phenoxy) is 2. The third-order valence-corrected chi connectivity index (χ3v) is 6.57. The molecule has 4 unspecified atom stereocenters. The second kappa shape index (κ2) is 7.67. The first kappa shape index (κ1) is 16.1. The van der Waals surface area contributed by atoms with Crippen LogP contribution in [0.4, 0.5) is 0 Å². The van der Waals surface area contributed by atoms with Crippen LogP contribution in [0.1, 0.15) is 51.9 Å². The van der Waals surface area contributed by atoms with Crippen LogP contribution in [0.25, 0.3) is 0 Å². The summed E-state index contributed by atoms with van der Waals surface area (Å²) in [5.74, 6) is 3.21. The highest BCUT2D eigenvalue weighted by molar-refractivity contribution is 7.99. The molecule has 4 heteroatoms. The molecule has 0 aliphatic carbocycles. The summed E-state index contributed by atoms with van der Waals surface area (Å²) in [6.07, 6.45) is 9.13. The van der Waals surface area contributed by atoms with Crippen LogP contribution in [-0.4, -0.2) is 49.0 Å². The van der Waals surface area contributed by atoms with E-state index < -0.39 is 0 Å². The Kier molecular flexibility index (Phi) is 5.88. The van der Waals surface area contributed by atoms with Gasteiger partial charge in [-0.15, -0.1) is 0 Å². The molecule has 3 aliphatic rings. The van der Waals surface area contributed by atoms with Crippen LogP contribution in [0, 0.1) is 5.92 Å². The van der Waals surface area contributed by atoms with E-state index in [1.54, 1.807) is 0 Å². The van der Waals surface area contributed by atoms with Crippen molar-refractivity contribution in [3.63, 3.8) is 0 Å². The fourth-order valence-electron chi connectivity index (χ4n) is 4.20. The topological polar surface area (TPSA) is 30.5 Å². The molecule has 0 aromatic rings. The zero-order valence-electron chi connectivity index (χ0n) is 13.4. The fraction of sp³-hybridized carbons (Fsp3) is 1.00. The van der Waals surface area contributed by atoms with Crippen molar-refractivity contribution >= 4 is 11.8 Å². The monoisotopic (exact) mass is 313 g/mol. The first-order valence-electron chi connectivity index (χ1n) is 8.90. The minimum Gasteiger partial charge on any atom is -0.377 e. The number of rotatable bonds is 5. The lowest BCUT2D eigenvalue weighted by atomic mass is 9.78. The lowest BCUT2D eigenvalue weighted by Crippen LogP contribution is -2.53. The average Bonchev–Trinajstić information content (AvgIpc) is 2.97. The van der Waals surface area contributed by atoms with Gasteiger partial charge in [-0.25, -0.2) is 0 Å². The lowest BCUT2D eigenvalue weighted by molar-refractivity contribution is -0.102. The van der Waals surface area contributed by atoms with Crippen molar-refractivity contribution < 1.29 is 9.47 Å². The summed E-state index contributed by atoms with van der Waals surface area (Å²) in [5, 5.41) is 3.83. The van der Waals surface area contributed by atoms with E-state index in [4.69, 9.17) is 9.47 Å². The molecular formula is C17H31NO2S. The zero-order chi connectivity index (χ0) is 14.5. The fourth-order valence-corrected chi connectivity index (χ4v) is 5.58. The van der Waals surface area contributed by atoms with E-state index in [2.05, 4.69) is 24.0 Å². The Labute approximate surface area is 133 Å². The number of hydrogen-bond acceptors (Lipinski definition) is 4. The van der Waals surface area contributed by atoms with Gasteiger partial charge in [0, 0.05) is 25.0 Å². The summed E-state index contributed by atoms with van der Waals surface area (Å²) in [6, 6.07) is 0.539. The molecule has 1 N–H and O–H groups in total. The Bertz CT molecular complexity index is 314. The highest BCUT2D eigenvalue weighted by Crippen LogP contribution is 2.42. The van der Waals surface area contributed by atoms with Crippen LogP contribution in [0.3, 0.4) is 0 Å². The molecule has 4 atom stereocenters. The standard InChI is InChI=1S/C17H31NO2S/c1-2-8-18-16(15-5-3-4-9-19-15)14-6-10-20-17(12-14)7-11-21-13-17/h14-16,18H,2-13H2,1H3. The Hall–Kier alpha value is 0.230. The van der Waals surface area contributed by atoms with Gasteiger partial charge in [-0.05, 0) is 63.2 Å². The average molecular weight is 314 g/mol. The van der Waals surface area contributed by atoms with Crippen molar-refractivity contribution in [1.29, 1.82) is 0 Å². The lowest BCUT2D eigenvalue weighted by Gasteiger charge is -2.44. The molecule has 0 bridgehead atoms. The van der Waals surface area contributed by atoms with Gasteiger partial charge >= 0.3 is 0 Å². The van der Waals surface area contributed by atoms with Gasteiger partial charge in [0.05, 0.1) is 11.7 Å². The molecule has 3 rings (SSSR count). The summed E-state index contributed by atoms with van der Waals surface area (Å²) < 4.78 is 12.3. The molecule has 122 valence electrons. The second-order valence-electron chi connectivity index (χ2n) is 6.97. The highest BCUT2D eigenvalue weighted by atomic mass is 32.2. The van der Waals surface area contributed by atoms with E-state index >= 15 is 0 Å². The molecular weight excluding hydrogens is 282 g/mol. The highest BCUT2D eigenvalue weighted by Gasteiger charge is 2.44. The van der Waals surface area contributed by atoms with Gasteiger partial charge in [-0.2, -0.15) is 11.8 Å². The van der Waals surface area contributed by atoms with Gasteiger partial charge in [0.15, 0.2) is 0 Å². The summed E-state index contributed by atoms with van der Waals surface area (Å²) in [6.45, 7) is 5.27. The van der Waals surface area contributed by atoms with Crippen LogP contribution in [0.2, 0.25) is 0 Å². The predicted molar refractivity (Wildman–Crippen MR) is 89.0 cm³/mol. The largest absolute Gasteiger partial charge is 0.377 e. The quantitative estimate of drug-likeness (QED) is 0.844. The summed E-state index contributed by atoms with van der Waals surface area (Å²) >= 11 is 2.07. The maximum absolute atomic E-state index is 6.21. The Morgan fingerprint density at radius 1 is 1.29 bits per heavy atom. The molecule has 3 aliphatic heterocycles. The molecule has 3 saturated heterocycles. The van der Waals surface area contributed by atoms with Crippen molar-refractivity contribution in [2.24, 2.45) is 5.92 Å². The van der Waals surface area contributed by atoms with Crippen LogP contribution < -0.4 is 5.32 Å². The van der Waals surface area contributed by atoms with Crippen molar-refractivity contribution in [3.05, 3.63) is 0 Å². The Balaban J connectivity index is 1.65. The minimum atomic E-state index is 0.189. The summed E-state index contributed by atoms with van der Waals surface area (Å²) in [5.41, 5.74) is 0.189. The van der Waals surface area contributed by atoms with Gasteiger partial charge in [0.25, 0.3) is 0 Å². The van der Waals surface area contributed by atoms with Gasteiger partial charge in [0.1, 0.15) is 0 Å². The molecule has 0 aromatic carbocycles. The molecule has 0 radical (unpaired) electrons. The summed E-state index contributed by atoms with van der Waals surface area (Å²) in [4.78, 5) is 0. The molecule has 3 fully saturated rings. The zero-order valence-corrected chi connectivity index (χ0v) is 14.3. The smallest absolute Gasteiger partial charge is 0.0783 e. The normalized spacial score (nSPS) is 38.7. The SMILES string of the molecule is CCCNC(C1CCOC2(CCSC2)C1)C1CCCCO1. The summed E-state index contributed by atoms with van der Waals surface area (Å²) in [7, 11) is 0. The van der Waals surface area contributed by atoms with Gasteiger partial charge < -0.3 is 14.8 Å². The van der Waals surface area contributed by atoms with Crippen molar-refractivity contribution in [1.82, 2.24) is 5.32 Å². The minimum absolute atomic E-state index is 0.189. The van der Waals surface area contributed by atoms with Crippen molar-refractivity contribution in [2.45, 2.75) is 69.6 Å². The van der Waals surface area contributed by atoms with Crippen LogP contribution in [0.5, 0.6) is 0 Å². The molecule has 0 saturated carbocycles. The maximum Gasteiger partial charge on any atom is 0.0783 e. The number of nitrogens with one attached hydrogen (secondary N) is 1. The van der Waals surface area contributed by atoms with E-state index in [9.17, 15) is 0 Å². The van der Waals surface area contributed by atoms with Crippen LogP contribution in [-0.2, 0) is 9.47 Å². The van der Waals surface area contributed by atoms with E-state index in [-0.39, 0.29) is 5.60 Å². The van der Waals surface area contributed by atoms with E-state index in [1.165, 1.54) is 56.5 Å². The maximum atomic E-state index is 6.21. The Morgan fingerprint density at radius 2 is 2.24 bits per heavy atom. The molecule has 3 heterocycles. The Morgan fingerprint density at radius 3 is 2.95 bits per heavy atom. The van der Waals surface area contributed by atoms with Gasteiger partial charge in [-0.1, -0.05) is 6.92 Å². The first-order chi connectivity index (χ1) is 10.3. The van der Waals surface area contributed by atoms with Crippen molar-refractivity contribution in [2.75, 3.05) is 31.3 Å². The second-order valence-corrected chi connectivity index (χ2v) is 8.08. The van der Waals surface area contributed by atoms with E-state index in [1.807, 2.05) is 0 Å². The van der Waals surface area contributed by atoms with Crippen molar-refractivity contribution in [3.8, 4) is 0 Å². The van der Waals surface area contributed by atoms with Crippen LogP contribution in [0.15, 0.2) is 0 Å². The molecule has 0 aromatic heterocycles. The first-order valence-corrected chi connectivity index (χ1v) is 10.1. The number of thioether (sulfide) groups is 1. The molecule has 1 spiro atoms. The third kappa shape index (κ3) is 3.95. The van der Waals surface area contributed by atoms with Crippen LogP contribution >= 0.6 is 11.8 Å². The van der Waals surface area contributed by atoms with E-state index in [0.717, 1.165) is 25.7 Å². The number of hydrogen-bond donors (Lipinski definition) is 1. The predicted octanol–water partition coefficient (Wildman–Crippen LogP) is 3.23.